The maximum absolute atomic E-state index is 10.9. The van der Waals surface area contributed by atoms with Gasteiger partial charge in [0.05, 0.1) is 0 Å². The molecule has 0 N–H and O–H groups in total. The second kappa shape index (κ2) is 8.46. The highest BCUT2D eigenvalue weighted by Gasteiger charge is 1.94. The number of unbranched alkanes of at least 4 members (excludes halogenated alkanes) is 4. The summed E-state index contributed by atoms with van der Waals surface area (Å²) in [6, 6.07) is 0. The van der Waals surface area contributed by atoms with E-state index in [-0.39, 0.29) is 5.78 Å². The van der Waals surface area contributed by atoms with Gasteiger partial charge >= 0.3 is 0 Å². The van der Waals surface area contributed by atoms with E-state index < -0.39 is 0 Å². The van der Waals surface area contributed by atoms with E-state index in [2.05, 4.69) is 19.6 Å². The Bertz CT molecular complexity index is 236. The van der Waals surface area contributed by atoms with E-state index in [0.717, 1.165) is 18.4 Å². The van der Waals surface area contributed by atoms with Crippen molar-refractivity contribution in [3.05, 3.63) is 23.8 Å². The average molecular weight is 208 g/mol. The van der Waals surface area contributed by atoms with Crippen LogP contribution in [-0.2, 0) is 4.79 Å². The Balaban J connectivity index is 3.36. The molecule has 0 spiro atoms. The Morgan fingerprint density at radius 1 is 1.07 bits per heavy atom. The highest BCUT2D eigenvalue weighted by molar-refractivity contribution is 5.92. The lowest BCUT2D eigenvalue weighted by Gasteiger charge is -2.00. The van der Waals surface area contributed by atoms with E-state index >= 15 is 0 Å². The SMILES string of the molecule is C=C(C)CCCCCC/C=C(\C)C(C)=O. The number of ketones is 1. The summed E-state index contributed by atoms with van der Waals surface area (Å²) in [7, 11) is 0. The van der Waals surface area contributed by atoms with Gasteiger partial charge in [0.1, 0.15) is 0 Å². The smallest absolute Gasteiger partial charge is 0.155 e. The fraction of sp³-hybridized carbons (Fsp3) is 0.643. The first-order valence-electron chi connectivity index (χ1n) is 5.86. The topological polar surface area (TPSA) is 17.1 Å². The number of allylic oxidation sites excluding steroid dienone is 3. The molecule has 0 aliphatic heterocycles. The third-order valence-electron chi connectivity index (χ3n) is 2.56. The Morgan fingerprint density at radius 2 is 1.67 bits per heavy atom. The number of carbonyl (C=O) groups is 1. The van der Waals surface area contributed by atoms with Gasteiger partial charge in [-0.05, 0) is 52.0 Å². The fourth-order valence-corrected chi connectivity index (χ4v) is 1.39. The maximum Gasteiger partial charge on any atom is 0.155 e. The minimum absolute atomic E-state index is 0.192. The molecule has 0 unspecified atom stereocenters. The first kappa shape index (κ1) is 14.2. The van der Waals surface area contributed by atoms with Crippen LogP contribution in [0.25, 0.3) is 0 Å². The lowest BCUT2D eigenvalue weighted by molar-refractivity contribution is -0.113. The summed E-state index contributed by atoms with van der Waals surface area (Å²) in [6.45, 7) is 9.48. The van der Waals surface area contributed by atoms with Gasteiger partial charge in [-0.1, -0.05) is 24.5 Å². The highest BCUT2D eigenvalue weighted by Crippen LogP contribution is 2.10. The minimum Gasteiger partial charge on any atom is -0.295 e. The molecule has 0 rings (SSSR count). The van der Waals surface area contributed by atoms with Crippen LogP contribution in [-0.4, -0.2) is 5.78 Å². The summed E-state index contributed by atoms with van der Waals surface area (Å²) in [5, 5.41) is 0. The van der Waals surface area contributed by atoms with Crippen LogP contribution in [0.1, 0.15) is 59.3 Å². The summed E-state index contributed by atoms with van der Waals surface area (Å²) in [5.41, 5.74) is 2.18. The van der Waals surface area contributed by atoms with Gasteiger partial charge in [0.15, 0.2) is 5.78 Å². The van der Waals surface area contributed by atoms with Crippen molar-refractivity contribution in [1.29, 1.82) is 0 Å². The molecular weight excluding hydrogens is 184 g/mol. The molecule has 15 heavy (non-hydrogen) atoms. The van der Waals surface area contributed by atoms with Crippen molar-refractivity contribution in [2.24, 2.45) is 0 Å². The van der Waals surface area contributed by atoms with Gasteiger partial charge in [-0.25, -0.2) is 0 Å². The zero-order valence-electron chi connectivity index (χ0n) is 10.4. The highest BCUT2D eigenvalue weighted by atomic mass is 16.1. The van der Waals surface area contributed by atoms with Crippen LogP contribution in [0.4, 0.5) is 0 Å². The van der Waals surface area contributed by atoms with Crippen molar-refractivity contribution in [2.45, 2.75) is 59.3 Å². The second-order valence-electron chi connectivity index (χ2n) is 4.35. The number of hydrogen-bond acceptors (Lipinski definition) is 1. The molecule has 86 valence electrons. The average Bonchev–Trinajstić information content (AvgIpc) is 2.15. The van der Waals surface area contributed by atoms with Crippen molar-refractivity contribution in [3.8, 4) is 0 Å². The summed E-state index contributed by atoms with van der Waals surface area (Å²) in [6.07, 6.45) is 9.24. The first-order valence-corrected chi connectivity index (χ1v) is 5.86. The molecule has 0 saturated carbocycles. The molecule has 0 atom stereocenters. The molecule has 0 amide bonds. The number of carbonyl (C=O) groups excluding carboxylic acids is 1. The van der Waals surface area contributed by atoms with E-state index in [1.54, 1.807) is 6.92 Å². The van der Waals surface area contributed by atoms with Gasteiger partial charge in [-0.3, -0.25) is 4.79 Å². The van der Waals surface area contributed by atoms with Gasteiger partial charge in [-0.15, -0.1) is 6.58 Å². The second-order valence-corrected chi connectivity index (χ2v) is 4.35. The van der Waals surface area contributed by atoms with Crippen molar-refractivity contribution in [1.82, 2.24) is 0 Å². The van der Waals surface area contributed by atoms with E-state index in [1.165, 1.54) is 31.3 Å². The van der Waals surface area contributed by atoms with Crippen LogP contribution in [0.3, 0.4) is 0 Å². The summed E-state index contributed by atoms with van der Waals surface area (Å²) < 4.78 is 0. The molecule has 0 fully saturated rings. The molecule has 0 bridgehead atoms. The maximum atomic E-state index is 10.9. The fourth-order valence-electron chi connectivity index (χ4n) is 1.39. The molecule has 0 aliphatic rings. The Hall–Kier alpha value is -0.850. The van der Waals surface area contributed by atoms with Crippen molar-refractivity contribution in [3.63, 3.8) is 0 Å². The molecular formula is C14H24O. The van der Waals surface area contributed by atoms with Crippen molar-refractivity contribution >= 4 is 5.78 Å². The summed E-state index contributed by atoms with van der Waals surface area (Å²) >= 11 is 0. The number of Topliss-reactive ketones (excluding diaryl/α,β-unsaturated/α-hetero) is 1. The van der Waals surface area contributed by atoms with E-state index in [1.807, 2.05) is 6.92 Å². The lowest BCUT2D eigenvalue weighted by atomic mass is 10.1. The van der Waals surface area contributed by atoms with Gasteiger partial charge in [0.2, 0.25) is 0 Å². The third kappa shape index (κ3) is 9.45. The van der Waals surface area contributed by atoms with Crippen LogP contribution in [0.5, 0.6) is 0 Å². The van der Waals surface area contributed by atoms with Crippen LogP contribution >= 0.6 is 0 Å². The van der Waals surface area contributed by atoms with Gasteiger partial charge in [-0.2, -0.15) is 0 Å². The van der Waals surface area contributed by atoms with Gasteiger partial charge < -0.3 is 0 Å². The van der Waals surface area contributed by atoms with Crippen molar-refractivity contribution in [2.75, 3.05) is 0 Å². The lowest BCUT2D eigenvalue weighted by Crippen LogP contribution is -1.90. The van der Waals surface area contributed by atoms with Crippen LogP contribution in [0.15, 0.2) is 23.8 Å². The van der Waals surface area contributed by atoms with Gasteiger partial charge in [0.25, 0.3) is 0 Å². The van der Waals surface area contributed by atoms with Crippen molar-refractivity contribution < 1.29 is 4.79 Å². The van der Waals surface area contributed by atoms with Crippen LogP contribution in [0.2, 0.25) is 0 Å². The third-order valence-corrected chi connectivity index (χ3v) is 2.56. The Morgan fingerprint density at radius 3 is 2.20 bits per heavy atom. The molecule has 1 heteroatoms. The summed E-state index contributed by atoms with van der Waals surface area (Å²) in [4.78, 5) is 10.9. The molecule has 0 radical (unpaired) electrons. The number of hydrogen-bond donors (Lipinski definition) is 0. The number of rotatable bonds is 8. The van der Waals surface area contributed by atoms with Gasteiger partial charge in [0, 0.05) is 0 Å². The Labute approximate surface area is 94.3 Å². The predicted molar refractivity (Wildman–Crippen MR) is 67.0 cm³/mol. The molecule has 0 saturated heterocycles. The normalized spacial score (nSPS) is 11.5. The zero-order chi connectivity index (χ0) is 11.7. The van der Waals surface area contributed by atoms with E-state index in [9.17, 15) is 4.79 Å². The predicted octanol–water partition coefficient (Wildman–Crippen LogP) is 4.44. The Kier molecular flexibility index (Phi) is 7.98. The molecule has 0 aromatic rings. The first-order chi connectivity index (χ1) is 7.04. The zero-order valence-corrected chi connectivity index (χ0v) is 10.4. The molecule has 0 aliphatic carbocycles. The van der Waals surface area contributed by atoms with E-state index in [0.29, 0.717) is 0 Å². The standard InChI is InChI=1S/C14H24O/c1-12(2)10-8-6-5-7-9-11-13(3)14(4)15/h11H,1,5-10H2,2-4H3/b13-11+. The molecule has 0 aromatic heterocycles. The quantitative estimate of drug-likeness (QED) is 0.327. The van der Waals surface area contributed by atoms with Crippen LogP contribution < -0.4 is 0 Å². The molecule has 1 nitrogen and oxygen atoms in total. The van der Waals surface area contributed by atoms with E-state index in [4.69, 9.17) is 0 Å². The summed E-state index contributed by atoms with van der Waals surface area (Å²) in [5.74, 6) is 0.192. The monoisotopic (exact) mass is 208 g/mol. The largest absolute Gasteiger partial charge is 0.295 e. The van der Waals surface area contributed by atoms with Crippen LogP contribution in [0, 0.1) is 0 Å². The molecule has 0 aromatic carbocycles. The minimum atomic E-state index is 0.192. The molecule has 0 heterocycles.